The highest BCUT2D eigenvalue weighted by Gasteiger charge is 2.32. The monoisotopic (exact) mass is 526 g/mol. The Bertz CT molecular complexity index is 1440. The molecule has 1 aliphatic heterocycles. The average Bonchev–Trinajstić information content (AvgIpc) is 3.41. The lowest BCUT2D eigenvalue weighted by Gasteiger charge is -2.14. The van der Waals surface area contributed by atoms with Crippen molar-refractivity contribution in [2.45, 2.75) is 39.3 Å². The number of nitrogens with zero attached hydrogens (tertiary/aromatic N) is 2. The first-order valence-electron chi connectivity index (χ1n) is 12.6. The molecule has 188 valence electrons. The predicted molar refractivity (Wildman–Crippen MR) is 158 cm³/mol. The van der Waals surface area contributed by atoms with E-state index in [0.29, 0.717) is 34.8 Å². The Morgan fingerprint density at radius 2 is 1.73 bits per heavy atom. The summed E-state index contributed by atoms with van der Waals surface area (Å²) in [4.78, 5) is 15.5. The number of aromatic nitrogens is 1. The quantitative estimate of drug-likeness (QED) is 0.166. The number of ether oxygens (including phenoxy) is 1. The third-order valence-corrected chi connectivity index (χ3v) is 8.20. The van der Waals surface area contributed by atoms with E-state index in [2.05, 4.69) is 61.0 Å². The van der Waals surface area contributed by atoms with Gasteiger partial charge >= 0.3 is 0 Å². The van der Waals surface area contributed by atoms with Gasteiger partial charge in [-0.25, -0.2) is 0 Å². The van der Waals surface area contributed by atoms with Crippen LogP contribution < -0.4 is 4.74 Å². The summed E-state index contributed by atoms with van der Waals surface area (Å²) in [5.74, 6) is 1.39. The molecular weight excluding hydrogens is 496 g/mol. The predicted octanol–water partition coefficient (Wildman–Crippen LogP) is 7.64. The molecule has 0 bridgehead atoms. The maximum atomic E-state index is 13.2. The molecule has 1 aromatic heterocycles. The average molecular weight is 527 g/mol. The number of hydrogen-bond donors (Lipinski definition) is 0. The van der Waals surface area contributed by atoms with E-state index in [1.807, 2.05) is 48.5 Å². The molecule has 6 heteroatoms. The van der Waals surface area contributed by atoms with Crippen LogP contribution in [0.15, 0.2) is 90.0 Å². The summed E-state index contributed by atoms with van der Waals surface area (Å²) in [6.07, 6.45) is 5.20. The van der Waals surface area contributed by atoms with E-state index in [4.69, 9.17) is 17.0 Å². The van der Waals surface area contributed by atoms with Gasteiger partial charge in [-0.05, 0) is 47.7 Å². The van der Waals surface area contributed by atoms with Crippen LogP contribution in [0.4, 0.5) is 0 Å². The molecule has 0 aliphatic carbocycles. The number of fused-ring (bicyclic) bond motifs is 1. The Hall–Kier alpha value is -3.35. The molecule has 3 aromatic carbocycles. The van der Waals surface area contributed by atoms with E-state index in [0.717, 1.165) is 34.2 Å². The number of thioether (sulfide) groups is 1. The van der Waals surface area contributed by atoms with Crippen LogP contribution in [0.25, 0.3) is 17.0 Å². The van der Waals surface area contributed by atoms with E-state index >= 15 is 0 Å². The first kappa shape index (κ1) is 25.3. The topological polar surface area (TPSA) is 34.5 Å². The Morgan fingerprint density at radius 1 is 1.00 bits per heavy atom. The van der Waals surface area contributed by atoms with Crippen LogP contribution in [0.1, 0.15) is 42.9 Å². The fourth-order valence-electron chi connectivity index (χ4n) is 4.51. The van der Waals surface area contributed by atoms with Gasteiger partial charge in [0.1, 0.15) is 16.7 Å². The standard InChI is InChI=1S/C31H30N2O2S2/c1-3-22(2)24-13-15-26(16-14-24)35-18-17-32-21-25(27-11-7-8-12-28(27)32)19-29-30(34)33(31(36)37-29)20-23-9-5-4-6-10-23/h4-16,19,21-22H,3,17-18,20H2,1-2H3/b29-19+/t22-/m0/s1. The minimum absolute atomic E-state index is 0.0418. The van der Waals surface area contributed by atoms with Gasteiger partial charge in [0.05, 0.1) is 18.0 Å². The number of rotatable bonds is 9. The molecule has 0 spiro atoms. The number of thiocarbonyl (C=S) groups is 1. The third kappa shape index (κ3) is 5.65. The molecule has 0 saturated carbocycles. The molecular formula is C31H30N2O2S2. The molecule has 1 fully saturated rings. The maximum Gasteiger partial charge on any atom is 0.266 e. The van der Waals surface area contributed by atoms with E-state index in [1.54, 1.807) is 4.90 Å². The molecule has 4 nitrogen and oxygen atoms in total. The zero-order valence-corrected chi connectivity index (χ0v) is 22.7. The second kappa shape index (κ2) is 11.4. The molecule has 5 rings (SSSR count). The summed E-state index contributed by atoms with van der Waals surface area (Å²) in [6, 6.07) is 26.6. The van der Waals surface area contributed by atoms with Gasteiger partial charge in [0.2, 0.25) is 0 Å². The van der Waals surface area contributed by atoms with Crippen LogP contribution in [0.2, 0.25) is 0 Å². The van der Waals surface area contributed by atoms with Crippen LogP contribution in [0, 0.1) is 0 Å². The van der Waals surface area contributed by atoms with Crippen molar-refractivity contribution < 1.29 is 9.53 Å². The molecule has 37 heavy (non-hydrogen) atoms. The fourth-order valence-corrected chi connectivity index (χ4v) is 5.75. The summed E-state index contributed by atoms with van der Waals surface area (Å²) in [6.45, 7) is 6.19. The smallest absolute Gasteiger partial charge is 0.266 e. The highest BCUT2D eigenvalue weighted by atomic mass is 32.2. The molecule has 2 heterocycles. The summed E-state index contributed by atoms with van der Waals surface area (Å²) in [5, 5.41) is 1.11. The van der Waals surface area contributed by atoms with Gasteiger partial charge in [-0.2, -0.15) is 0 Å². The number of benzene rings is 3. The normalized spacial score (nSPS) is 15.6. The lowest BCUT2D eigenvalue weighted by atomic mass is 9.99. The van der Waals surface area contributed by atoms with Gasteiger partial charge in [0.15, 0.2) is 0 Å². The minimum Gasteiger partial charge on any atom is -0.492 e. The summed E-state index contributed by atoms with van der Waals surface area (Å²) in [5.41, 5.74) is 4.52. The lowest BCUT2D eigenvalue weighted by Crippen LogP contribution is -2.27. The second-order valence-electron chi connectivity index (χ2n) is 9.28. The zero-order chi connectivity index (χ0) is 25.8. The first-order valence-corrected chi connectivity index (χ1v) is 13.9. The van der Waals surface area contributed by atoms with Crippen LogP contribution in [0.5, 0.6) is 5.75 Å². The number of carbonyl (C=O) groups excluding carboxylic acids is 1. The number of para-hydroxylation sites is 1. The molecule has 0 N–H and O–H groups in total. The molecule has 1 saturated heterocycles. The number of carbonyl (C=O) groups is 1. The van der Waals surface area contributed by atoms with E-state index in [-0.39, 0.29) is 5.91 Å². The lowest BCUT2D eigenvalue weighted by molar-refractivity contribution is -0.122. The van der Waals surface area contributed by atoms with Gasteiger partial charge in [0, 0.05) is 22.7 Å². The van der Waals surface area contributed by atoms with Crippen molar-refractivity contribution in [1.82, 2.24) is 9.47 Å². The third-order valence-electron chi connectivity index (χ3n) is 6.83. The zero-order valence-electron chi connectivity index (χ0n) is 21.1. The van der Waals surface area contributed by atoms with Gasteiger partial charge in [-0.3, -0.25) is 9.69 Å². The van der Waals surface area contributed by atoms with Crippen molar-refractivity contribution in [3.63, 3.8) is 0 Å². The highest BCUT2D eigenvalue weighted by molar-refractivity contribution is 8.26. The highest BCUT2D eigenvalue weighted by Crippen LogP contribution is 2.35. The molecule has 1 amide bonds. The van der Waals surface area contributed by atoms with Crippen LogP contribution >= 0.6 is 24.0 Å². The van der Waals surface area contributed by atoms with Crippen molar-refractivity contribution in [2.75, 3.05) is 6.61 Å². The van der Waals surface area contributed by atoms with Gasteiger partial charge in [-0.1, -0.05) is 98.5 Å². The Morgan fingerprint density at radius 3 is 2.49 bits per heavy atom. The fraction of sp³-hybridized carbons (Fsp3) is 0.226. The van der Waals surface area contributed by atoms with Crippen molar-refractivity contribution in [3.8, 4) is 5.75 Å². The van der Waals surface area contributed by atoms with Crippen molar-refractivity contribution in [1.29, 1.82) is 0 Å². The van der Waals surface area contributed by atoms with Crippen molar-refractivity contribution in [2.24, 2.45) is 0 Å². The van der Waals surface area contributed by atoms with Gasteiger partial charge in [0.25, 0.3) is 5.91 Å². The van der Waals surface area contributed by atoms with E-state index in [9.17, 15) is 4.79 Å². The molecule has 1 atom stereocenters. The van der Waals surface area contributed by atoms with Crippen LogP contribution in [-0.4, -0.2) is 26.3 Å². The first-order chi connectivity index (χ1) is 18.0. The number of hydrogen-bond acceptors (Lipinski definition) is 4. The largest absolute Gasteiger partial charge is 0.492 e. The second-order valence-corrected chi connectivity index (χ2v) is 11.0. The van der Waals surface area contributed by atoms with Crippen LogP contribution in [0.3, 0.4) is 0 Å². The molecule has 1 aliphatic rings. The minimum atomic E-state index is -0.0418. The van der Waals surface area contributed by atoms with Crippen LogP contribution in [-0.2, 0) is 17.9 Å². The molecule has 4 aromatic rings. The number of amides is 1. The SMILES string of the molecule is CC[C@H](C)c1ccc(OCCn2cc(/C=C3/SC(=S)N(Cc4ccccc4)C3=O)c3ccccc32)cc1. The molecule has 0 unspecified atom stereocenters. The van der Waals surface area contributed by atoms with Crippen molar-refractivity contribution >= 4 is 51.2 Å². The summed E-state index contributed by atoms with van der Waals surface area (Å²) in [7, 11) is 0. The van der Waals surface area contributed by atoms with Crippen molar-refractivity contribution in [3.05, 3.63) is 107 Å². The van der Waals surface area contributed by atoms with Gasteiger partial charge in [-0.15, -0.1) is 0 Å². The summed E-state index contributed by atoms with van der Waals surface area (Å²) >= 11 is 6.92. The van der Waals surface area contributed by atoms with Gasteiger partial charge < -0.3 is 9.30 Å². The Kier molecular flexibility index (Phi) is 7.77. The summed E-state index contributed by atoms with van der Waals surface area (Å²) < 4.78 is 8.84. The Balaban J connectivity index is 1.31. The van der Waals surface area contributed by atoms with E-state index in [1.165, 1.54) is 17.3 Å². The van der Waals surface area contributed by atoms with E-state index < -0.39 is 0 Å². The molecule has 0 radical (unpaired) electrons. The maximum absolute atomic E-state index is 13.2. The Labute approximate surface area is 227 Å².